The number of carbonyl (C=O) groups is 1. The lowest BCUT2D eigenvalue weighted by atomic mass is 9.96. The van der Waals surface area contributed by atoms with Crippen molar-refractivity contribution in [2.24, 2.45) is 0 Å². The Kier molecular flexibility index (Phi) is 4.87. The highest BCUT2D eigenvalue weighted by Gasteiger charge is 2.26. The number of carbonyl (C=O) groups excluding carboxylic acids is 1. The zero-order valence-corrected chi connectivity index (χ0v) is 10.7. The van der Waals surface area contributed by atoms with Crippen LogP contribution in [-0.2, 0) is 4.79 Å². The first kappa shape index (κ1) is 14.2. The monoisotopic (exact) mass is 246 g/mol. The highest BCUT2D eigenvalue weighted by atomic mass is 16.3. The van der Waals surface area contributed by atoms with E-state index < -0.39 is 11.5 Å². The van der Waals surface area contributed by atoms with Gasteiger partial charge >= 0.3 is 0 Å². The van der Waals surface area contributed by atoms with Crippen molar-refractivity contribution in [2.45, 2.75) is 31.7 Å². The van der Waals surface area contributed by atoms with E-state index in [2.05, 4.69) is 5.32 Å². The first-order valence-corrected chi connectivity index (χ1v) is 5.87. The van der Waals surface area contributed by atoms with Gasteiger partial charge in [0.2, 0.25) is 5.91 Å². The van der Waals surface area contributed by atoms with Crippen LogP contribution < -0.4 is 5.32 Å². The van der Waals surface area contributed by atoms with Crippen molar-refractivity contribution in [3.05, 3.63) is 35.9 Å². The number of amides is 1. The SMILES string of the molecule is CC(C)(CCO)NC(=O)C(C#N)c1ccccc1. The highest BCUT2D eigenvalue weighted by molar-refractivity contribution is 5.86. The van der Waals surface area contributed by atoms with Crippen molar-refractivity contribution in [3.8, 4) is 6.07 Å². The molecule has 4 nitrogen and oxygen atoms in total. The number of hydrogen-bond acceptors (Lipinski definition) is 3. The molecule has 0 spiro atoms. The van der Waals surface area contributed by atoms with E-state index >= 15 is 0 Å². The Morgan fingerprint density at radius 3 is 2.56 bits per heavy atom. The van der Waals surface area contributed by atoms with Gasteiger partial charge < -0.3 is 10.4 Å². The van der Waals surface area contributed by atoms with E-state index in [9.17, 15) is 4.79 Å². The summed E-state index contributed by atoms with van der Waals surface area (Å²) in [5.41, 5.74) is 0.160. The molecule has 4 heteroatoms. The predicted octanol–water partition coefficient (Wildman–Crippen LogP) is 1.57. The molecule has 0 aliphatic heterocycles. The van der Waals surface area contributed by atoms with Gasteiger partial charge in [0, 0.05) is 12.1 Å². The third-order valence-corrected chi connectivity index (χ3v) is 2.72. The van der Waals surface area contributed by atoms with Crippen molar-refractivity contribution < 1.29 is 9.90 Å². The summed E-state index contributed by atoms with van der Waals surface area (Å²) in [7, 11) is 0. The fraction of sp³-hybridized carbons (Fsp3) is 0.429. The second-order valence-corrected chi connectivity index (χ2v) is 4.82. The Morgan fingerprint density at radius 2 is 2.06 bits per heavy atom. The van der Waals surface area contributed by atoms with E-state index in [1.807, 2.05) is 26.0 Å². The number of nitrogens with zero attached hydrogens (tertiary/aromatic N) is 1. The maximum atomic E-state index is 12.0. The number of rotatable bonds is 5. The number of nitriles is 1. The first-order valence-electron chi connectivity index (χ1n) is 5.87. The van der Waals surface area contributed by atoms with Gasteiger partial charge in [0.15, 0.2) is 0 Å². The van der Waals surface area contributed by atoms with E-state index in [1.165, 1.54) is 0 Å². The minimum Gasteiger partial charge on any atom is -0.396 e. The molecule has 0 aliphatic carbocycles. The van der Waals surface area contributed by atoms with Crippen LogP contribution in [0.25, 0.3) is 0 Å². The molecule has 0 saturated carbocycles. The van der Waals surface area contributed by atoms with E-state index in [4.69, 9.17) is 10.4 Å². The summed E-state index contributed by atoms with van der Waals surface area (Å²) in [6.07, 6.45) is 0.450. The van der Waals surface area contributed by atoms with Gasteiger partial charge in [-0.2, -0.15) is 5.26 Å². The second-order valence-electron chi connectivity index (χ2n) is 4.82. The lowest BCUT2D eigenvalue weighted by Gasteiger charge is -2.26. The fourth-order valence-electron chi connectivity index (χ4n) is 1.68. The Balaban J connectivity index is 2.79. The maximum Gasteiger partial charge on any atom is 0.242 e. The summed E-state index contributed by atoms with van der Waals surface area (Å²) in [4.78, 5) is 12.0. The molecule has 1 atom stereocenters. The molecule has 1 unspecified atom stereocenters. The minimum absolute atomic E-state index is 0.00413. The van der Waals surface area contributed by atoms with Crippen molar-refractivity contribution in [3.63, 3.8) is 0 Å². The summed E-state index contributed by atoms with van der Waals surface area (Å²) < 4.78 is 0. The van der Waals surface area contributed by atoms with Crippen LogP contribution in [0.3, 0.4) is 0 Å². The number of aliphatic hydroxyl groups is 1. The molecule has 0 radical (unpaired) electrons. The molecule has 1 rings (SSSR count). The predicted molar refractivity (Wildman–Crippen MR) is 68.7 cm³/mol. The van der Waals surface area contributed by atoms with Gasteiger partial charge in [0.25, 0.3) is 0 Å². The zero-order chi connectivity index (χ0) is 13.6. The van der Waals surface area contributed by atoms with Gasteiger partial charge in [-0.25, -0.2) is 0 Å². The Bertz CT molecular complexity index is 435. The van der Waals surface area contributed by atoms with Crippen LogP contribution in [0, 0.1) is 11.3 Å². The smallest absolute Gasteiger partial charge is 0.242 e. The van der Waals surface area contributed by atoms with Crippen LogP contribution >= 0.6 is 0 Å². The Morgan fingerprint density at radius 1 is 1.44 bits per heavy atom. The van der Waals surface area contributed by atoms with Crippen molar-refractivity contribution >= 4 is 5.91 Å². The van der Waals surface area contributed by atoms with Gasteiger partial charge in [-0.3, -0.25) is 4.79 Å². The summed E-state index contributed by atoms with van der Waals surface area (Å²) in [6, 6.07) is 11.0. The molecule has 18 heavy (non-hydrogen) atoms. The second kappa shape index (κ2) is 6.18. The molecule has 0 aromatic heterocycles. The van der Waals surface area contributed by atoms with Gasteiger partial charge in [0.1, 0.15) is 5.92 Å². The number of aliphatic hydroxyl groups excluding tert-OH is 1. The minimum atomic E-state index is -0.816. The van der Waals surface area contributed by atoms with Gasteiger partial charge in [0.05, 0.1) is 6.07 Å². The number of nitrogens with one attached hydrogen (secondary N) is 1. The zero-order valence-electron chi connectivity index (χ0n) is 10.7. The first-order chi connectivity index (χ1) is 8.50. The molecule has 1 amide bonds. The third kappa shape index (κ3) is 3.86. The topological polar surface area (TPSA) is 73.1 Å². The largest absolute Gasteiger partial charge is 0.396 e. The standard InChI is InChI=1S/C14H18N2O2/c1-14(2,8-9-17)16-13(18)12(10-15)11-6-4-3-5-7-11/h3-7,12,17H,8-9H2,1-2H3,(H,16,18). The summed E-state index contributed by atoms with van der Waals surface area (Å²) in [5.74, 6) is -1.15. The van der Waals surface area contributed by atoms with Gasteiger partial charge in [-0.05, 0) is 25.8 Å². The average Bonchev–Trinajstić information content (AvgIpc) is 2.30. The molecule has 1 aromatic rings. The van der Waals surface area contributed by atoms with Crippen molar-refractivity contribution in [2.75, 3.05) is 6.61 Å². The molecule has 0 saturated heterocycles. The maximum absolute atomic E-state index is 12.0. The molecule has 96 valence electrons. The highest BCUT2D eigenvalue weighted by Crippen LogP contribution is 2.17. The molecule has 1 aromatic carbocycles. The average molecular weight is 246 g/mol. The lowest BCUT2D eigenvalue weighted by Crippen LogP contribution is -2.45. The van der Waals surface area contributed by atoms with Crippen LogP contribution in [0.2, 0.25) is 0 Å². The van der Waals surface area contributed by atoms with Gasteiger partial charge in [-0.1, -0.05) is 30.3 Å². The van der Waals surface area contributed by atoms with E-state index in [0.29, 0.717) is 12.0 Å². The molecule has 0 aliphatic rings. The Labute approximate surface area is 107 Å². The molecule has 0 bridgehead atoms. The van der Waals surface area contributed by atoms with Crippen molar-refractivity contribution in [1.82, 2.24) is 5.32 Å². The molecular formula is C14H18N2O2. The van der Waals surface area contributed by atoms with Gasteiger partial charge in [-0.15, -0.1) is 0 Å². The number of benzene rings is 1. The molecule has 2 N–H and O–H groups in total. The van der Waals surface area contributed by atoms with Crippen LogP contribution in [0.1, 0.15) is 31.7 Å². The summed E-state index contributed by atoms with van der Waals surface area (Å²) in [5, 5.41) is 20.8. The lowest BCUT2D eigenvalue weighted by molar-refractivity contribution is -0.123. The van der Waals surface area contributed by atoms with Crippen LogP contribution in [-0.4, -0.2) is 23.2 Å². The number of hydrogen-bond donors (Lipinski definition) is 2. The normalized spacial score (nSPS) is 12.6. The fourth-order valence-corrected chi connectivity index (χ4v) is 1.68. The van der Waals surface area contributed by atoms with Crippen LogP contribution in [0.4, 0.5) is 0 Å². The van der Waals surface area contributed by atoms with Crippen molar-refractivity contribution in [1.29, 1.82) is 5.26 Å². The summed E-state index contributed by atoms with van der Waals surface area (Å²) >= 11 is 0. The van der Waals surface area contributed by atoms with Crippen LogP contribution in [0.15, 0.2) is 30.3 Å². The van der Waals surface area contributed by atoms with E-state index in [1.54, 1.807) is 24.3 Å². The quantitative estimate of drug-likeness (QED) is 0.828. The van der Waals surface area contributed by atoms with E-state index in [0.717, 1.165) is 0 Å². The third-order valence-electron chi connectivity index (χ3n) is 2.72. The molecule has 0 heterocycles. The van der Waals surface area contributed by atoms with Crippen LogP contribution in [0.5, 0.6) is 0 Å². The molecular weight excluding hydrogens is 228 g/mol. The molecule has 0 fully saturated rings. The van der Waals surface area contributed by atoms with E-state index in [-0.39, 0.29) is 12.5 Å². The summed E-state index contributed by atoms with van der Waals surface area (Å²) in [6.45, 7) is 3.64. The Hall–Kier alpha value is -1.86.